The summed E-state index contributed by atoms with van der Waals surface area (Å²) in [5.74, 6) is 1.01. The van der Waals surface area contributed by atoms with Crippen LogP contribution in [0.3, 0.4) is 0 Å². The van der Waals surface area contributed by atoms with Crippen molar-refractivity contribution in [3.05, 3.63) is 30.7 Å². The molecular formula is C34H64ClN4O3+. The van der Waals surface area contributed by atoms with Gasteiger partial charge in [0.1, 0.15) is 0 Å². The highest BCUT2D eigenvalue weighted by Crippen LogP contribution is 2.26. The molecule has 4 rings (SSSR count). The number of nitrogens with one attached hydrogen (secondary N) is 3. The molecule has 0 aromatic heterocycles. The molecule has 0 aromatic carbocycles. The fourth-order valence-corrected chi connectivity index (χ4v) is 6.43. The van der Waals surface area contributed by atoms with E-state index in [0.29, 0.717) is 18.2 Å². The summed E-state index contributed by atoms with van der Waals surface area (Å²) >= 11 is 0. The van der Waals surface area contributed by atoms with Gasteiger partial charge in [-0.3, -0.25) is 4.79 Å². The van der Waals surface area contributed by atoms with Crippen LogP contribution in [0.4, 0.5) is 0 Å². The largest absolute Gasteiger partial charge is 0.374 e. The number of allylic oxidation sites excluding steroid dienone is 2. The quantitative estimate of drug-likeness (QED) is 0.165. The number of aldehydes is 1. The van der Waals surface area contributed by atoms with Gasteiger partial charge in [-0.05, 0) is 98.3 Å². The molecular weight excluding hydrogens is 548 g/mol. The van der Waals surface area contributed by atoms with Gasteiger partial charge in [-0.25, -0.2) is 0 Å². The van der Waals surface area contributed by atoms with Gasteiger partial charge in [0.2, 0.25) is 0 Å². The molecule has 4 fully saturated rings. The maximum Gasteiger partial charge on any atom is 0.168 e. The number of rotatable bonds is 11. The van der Waals surface area contributed by atoms with Crippen LogP contribution < -0.4 is 16.0 Å². The SMILES string of the molecule is C/C=C/COC1CCN(C[C@@H]2CCCC[C@H]2NC)CC1.C/C=C/COC1CCNCC1.CN[C@@H]1CCC[CH+][C@H]1C=O.Cl. The Hall–Kier alpha value is -0.930. The van der Waals surface area contributed by atoms with E-state index in [0.717, 1.165) is 70.2 Å². The average Bonchev–Trinajstić information content (AvgIpc) is 3.03. The van der Waals surface area contributed by atoms with Gasteiger partial charge in [0, 0.05) is 25.7 Å². The van der Waals surface area contributed by atoms with Crippen molar-refractivity contribution in [2.75, 3.05) is 60.0 Å². The van der Waals surface area contributed by atoms with Gasteiger partial charge in [-0.15, -0.1) is 12.4 Å². The topological polar surface area (TPSA) is 74.9 Å². The molecule has 0 unspecified atom stereocenters. The molecule has 2 aliphatic heterocycles. The van der Waals surface area contributed by atoms with Gasteiger partial charge in [-0.2, -0.15) is 0 Å². The van der Waals surface area contributed by atoms with Gasteiger partial charge in [0.05, 0.1) is 44.3 Å². The van der Waals surface area contributed by atoms with Crippen molar-refractivity contribution in [3.63, 3.8) is 0 Å². The molecule has 0 aromatic rings. The lowest BCUT2D eigenvalue weighted by Gasteiger charge is -2.38. The lowest BCUT2D eigenvalue weighted by Crippen LogP contribution is -2.46. The molecule has 4 atom stereocenters. The van der Waals surface area contributed by atoms with Crippen LogP contribution in [0, 0.1) is 18.3 Å². The minimum absolute atomic E-state index is 0. The van der Waals surface area contributed by atoms with E-state index < -0.39 is 0 Å². The molecule has 2 saturated heterocycles. The molecule has 2 heterocycles. The number of carbonyl (C=O) groups excluding carboxylic acids is 1. The van der Waals surface area contributed by atoms with Gasteiger partial charge < -0.3 is 30.3 Å². The Morgan fingerprint density at radius 1 is 0.810 bits per heavy atom. The Labute approximate surface area is 264 Å². The third kappa shape index (κ3) is 16.2. The van der Waals surface area contributed by atoms with Crippen molar-refractivity contribution in [2.45, 2.75) is 109 Å². The molecule has 42 heavy (non-hydrogen) atoms. The molecule has 7 nitrogen and oxygen atoms in total. The number of likely N-dealkylation sites (tertiary alicyclic amines) is 1. The van der Waals surface area contributed by atoms with E-state index in [2.05, 4.69) is 52.5 Å². The van der Waals surface area contributed by atoms with Crippen LogP contribution in [-0.2, 0) is 14.3 Å². The molecule has 0 bridgehead atoms. The first-order chi connectivity index (χ1) is 20.1. The average molecular weight is 612 g/mol. The van der Waals surface area contributed by atoms with Gasteiger partial charge in [-0.1, -0.05) is 37.1 Å². The van der Waals surface area contributed by atoms with Crippen molar-refractivity contribution < 1.29 is 14.3 Å². The van der Waals surface area contributed by atoms with E-state index in [-0.39, 0.29) is 18.3 Å². The first-order valence-electron chi connectivity index (χ1n) is 16.7. The fraction of sp³-hybridized carbons (Fsp3) is 0.824. The molecule has 3 N–H and O–H groups in total. The summed E-state index contributed by atoms with van der Waals surface area (Å²) in [5, 5.41) is 9.98. The fourth-order valence-electron chi connectivity index (χ4n) is 6.43. The highest BCUT2D eigenvalue weighted by atomic mass is 35.5. The second-order valence-electron chi connectivity index (χ2n) is 12.0. The highest BCUT2D eigenvalue weighted by molar-refractivity contribution is 5.85. The Morgan fingerprint density at radius 2 is 1.38 bits per heavy atom. The van der Waals surface area contributed by atoms with Crippen molar-refractivity contribution in [1.29, 1.82) is 0 Å². The summed E-state index contributed by atoms with van der Waals surface area (Å²) in [5.41, 5.74) is 0. The molecule has 4 aliphatic rings. The molecule has 2 aliphatic carbocycles. The molecule has 0 spiro atoms. The predicted octanol–water partition coefficient (Wildman–Crippen LogP) is 5.35. The van der Waals surface area contributed by atoms with E-state index in [4.69, 9.17) is 9.47 Å². The molecule has 2 saturated carbocycles. The van der Waals surface area contributed by atoms with E-state index in [1.807, 2.05) is 27.0 Å². The first-order valence-corrected chi connectivity index (χ1v) is 16.7. The summed E-state index contributed by atoms with van der Waals surface area (Å²) in [7, 11) is 4.05. The van der Waals surface area contributed by atoms with Crippen LogP contribution in [0.1, 0.15) is 84.5 Å². The van der Waals surface area contributed by atoms with E-state index >= 15 is 0 Å². The maximum atomic E-state index is 10.5. The molecule has 0 radical (unpaired) electrons. The van der Waals surface area contributed by atoms with Crippen LogP contribution in [0.5, 0.6) is 0 Å². The maximum absolute atomic E-state index is 10.5. The Morgan fingerprint density at radius 3 is 1.93 bits per heavy atom. The summed E-state index contributed by atoms with van der Waals surface area (Å²) < 4.78 is 11.5. The summed E-state index contributed by atoms with van der Waals surface area (Å²) in [6.45, 7) is 11.6. The monoisotopic (exact) mass is 611 g/mol. The van der Waals surface area contributed by atoms with Crippen molar-refractivity contribution in [3.8, 4) is 0 Å². The standard InChI is InChI=1S/C17H32N2O.C9H17NO.C8H14NO.ClH/c1-3-4-13-20-16-9-11-19(12-10-16)14-15-7-5-6-8-17(15)18-2;1-2-3-8-11-9-4-6-10-7-5-9;1-9-8-5-3-2-4-7(8)6-10;/h3-4,15-18H,5-14H2,1-2H3;2-3,9-10H,4-8H2,1H3;4,6-9H,2-3,5H2,1H3;1H/q;;+1;/b4-3+;3-2+;;/t15-,17+;;7-,8+;/m0.0./s1. The second-order valence-corrected chi connectivity index (χ2v) is 12.0. The first kappa shape index (κ1) is 39.1. The number of piperidine rings is 2. The second kappa shape index (κ2) is 25.4. The van der Waals surface area contributed by atoms with Crippen LogP contribution >= 0.6 is 12.4 Å². The minimum Gasteiger partial charge on any atom is -0.374 e. The van der Waals surface area contributed by atoms with E-state index in [9.17, 15) is 4.79 Å². The number of hydrogen-bond acceptors (Lipinski definition) is 7. The van der Waals surface area contributed by atoms with Crippen molar-refractivity contribution >= 4 is 18.7 Å². The smallest absolute Gasteiger partial charge is 0.168 e. The third-order valence-electron chi connectivity index (χ3n) is 9.07. The predicted molar refractivity (Wildman–Crippen MR) is 179 cm³/mol. The van der Waals surface area contributed by atoms with Gasteiger partial charge >= 0.3 is 0 Å². The Kier molecular flexibility index (Phi) is 23.6. The summed E-state index contributed by atoms with van der Waals surface area (Å²) in [4.78, 5) is 13.1. The van der Waals surface area contributed by atoms with Gasteiger partial charge in [0.25, 0.3) is 0 Å². The van der Waals surface area contributed by atoms with E-state index in [1.165, 1.54) is 64.6 Å². The van der Waals surface area contributed by atoms with Crippen molar-refractivity contribution in [2.24, 2.45) is 11.8 Å². The zero-order valence-electron chi connectivity index (χ0n) is 27.2. The lowest BCUT2D eigenvalue weighted by atomic mass is 9.84. The molecule has 8 heteroatoms. The molecule has 244 valence electrons. The van der Waals surface area contributed by atoms with E-state index in [1.54, 1.807) is 0 Å². The number of carbonyl (C=O) groups is 1. The normalized spacial score (nSPS) is 27.7. The highest BCUT2D eigenvalue weighted by Gasteiger charge is 2.30. The summed E-state index contributed by atoms with van der Waals surface area (Å²) in [6.07, 6.45) is 26.2. The number of halogens is 1. The Bertz CT molecular complexity index is 696. The lowest BCUT2D eigenvalue weighted by molar-refractivity contribution is -0.111. The number of ether oxygens (including phenoxy) is 2. The third-order valence-corrected chi connectivity index (χ3v) is 9.07. The van der Waals surface area contributed by atoms with Crippen LogP contribution in [-0.4, -0.2) is 95.5 Å². The van der Waals surface area contributed by atoms with Crippen LogP contribution in [0.25, 0.3) is 0 Å². The van der Waals surface area contributed by atoms with Crippen LogP contribution in [0.2, 0.25) is 0 Å². The number of hydrogen-bond donors (Lipinski definition) is 3. The number of nitrogens with zero attached hydrogens (tertiary/aromatic N) is 1. The van der Waals surface area contributed by atoms with Crippen molar-refractivity contribution in [1.82, 2.24) is 20.9 Å². The zero-order valence-corrected chi connectivity index (χ0v) is 28.1. The van der Waals surface area contributed by atoms with Gasteiger partial charge in [0.15, 0.2) is 12.2 Å². The van der Waals surface area contributed by atoms with Crippen LogP contribution in [0.15, 0.2) is 24.3 Å². The zero-order chi connectivity index (χ0) is 29.5. The minimum atomic E-state index is 0. The summed E-state index contributed by atoms with van der Waals surface area (Å²) in [6, 6.07) is 1.14. The molecule has 0 amide bonds. The Balaban J connectivity index is 0.000000341.